The Morgan fingerprint density at radius 1 is 1.09 bits per heavy atom. The molecule has 1 heterocycles. The van der Waals surface area contributed by atoms with Gasteiger partial charge in [-0.3, -0.25) is 9.59 Å². The van der Waals surface area contributed by atoms with E-state index in [2.05, 4.69) is 0 Å². The predicted molar refractivity (Wildman–Crippen MR) is 81.3 cm³/mol. The molecule has 0 spiro atoms. The average Bonchev–Trinajstić information content (AvgIpc) is 2.83. The number of rotatable bonds is 3. The van der Waals surface area contributed by atoms with Crippen molar-refractivity contribution in [2.45, 2.75) is 13.3 Å². The van der Waals surface area contributed by atoms with Crippen molar-refractivity contribution in [3.05, 3.63) is 70.2 Å². The second kappa shape index (κ2) is 5.44. The van der Waals surface area contributed by atoms with Crippen molar-refractivity contribution in [3.63, 3.8) is 0 Å². The summed E-state index contributed by atoms with van der Waals surface area (Å²) < 4.78 is 6.09. The summed E-state index contributed by atoms with van der Waals surface area (Å²) in [6.45, 7) is 1.43. The van der Waals surface area contributed by atoms with E-state index in [9.17, 15) is 14.4 Å². The Kier molecular flexibility index (Phi) is 3.47. The van der Waals surface area contributed by atoms with Gasteiger partial charge in [0.15, 0.2) is 11.4 Å². The highest BCUT2D eigenvalue weighted by Crippen LogP contribution is 2.16. The summed E-state index contributed by atoms with van der Waals surface area (Å²) in [6, 6.07) is 13.8. The fourth-order valence-electron chi connectivity index (χ4n) is 2.32. The van der Waals surface area contributed by atoms with Crippen LogP contribution in [0.15, 0.2) is 57.7 Å². The summed E-state index contributed by atoms with van der Waals surface area (Å²) in [5.41, 5.74) is 1.85. The highest BCUT2D eigenvalue weighted by atomic mass is 16.4. The maximum Gasteiger partial charge on any atom is 0.426 e. The zero-order valence-electron chi connectivity index (χ0n) is 11.9. The summed E-state index contributed by atoms with van der Waals surface area (Å²) in [6.07, 6.45) is 0.101. The fraction of sp³-hybridized carbons (Fsp3) is 0.118. The number of carbonyl (C=O) groups is 2. The molecule has 2 aromatic carbocycles. The van der Waals surface area contributed by atoms with Crippen LogP contribution in [0.5, 0.6) is 0 Å². The molecule has 5 nitrogen and oxygen atoms in total. The number of aromatic nitrogens is 1. The monoisotopic (exact) mass is 295 g/mol. The van der Waals surface area contributed by atoms with Crippen molar-refractivity contribution in [1.82, 2.24) is 4.57 Å². The van der Waals surface area contributed by atoms with Crippen LogP contribution >= 0.6 is 0 Å². The summed E-state index contributed by atoms with van der Waals surface area (Å²) in [5.74, 6) is -1.24. The van der Waals surface area contributed by atoms with Gasteiger partial charge in [0.2, 0.25) is 5.91 Å². The molecule has 1 aromatic heterocycles. The number of benzene rings is 2. The number of fused-ring (bicyclic) bond motifs is 1. The van der Waals surface area contributed by atoms with E-state index in [1.54, 1.807) is 12.1 Å². The van der Waals surface area contributed by atoms with Crippen molar-refractivity contribution >= 4 is 22.8 Å². The van der Waals surface area contributed by atoms with E-state index >= 15 is 0 Å². The molecule has 0 saturated heterocycles. The van der Waals surface area contributed by atoms with Crippen LogP contribution < -0.4 is 5.76 Å². The SMILES string of the molecule is CC(=O)c1ccc2c(c1)oc(=O)n2C(=O)Cc1ccccc1. The van der Waals surface area contributed by atoms with Gasteiger partial charge in [-0.2, -0.15) is 0 Å². The molecule has 0 saturated carbocycles. The number of ketones is 1. The van der Waals surface area contributed by atoms with E-state index in [0.717, 1.165) is 10.1 Å². The van der Waals surface area contributed by atoms with Gasteiger partial charge in [0.1, 0.15) is 0 Å². The fourth-order valence-corrected chi connectivity index (χ4v) is 2.32. The van der Waals surface area contributed by atoms with Gasteiger partial charge in [-0.25, -0.2) is 9.36 Å². The van der Waals surface area contributed by atoms with Crippen molar-refractivity contribution < 1.29 is 14.0 Å². The second-order valence-corrected chi connectivity index (χ2v) is 5.00. The number of carbonyl (C=O) groups excluding carboxylic acids is 2. The molecule has 0 aliphatic rings. The molecule has 0 N–H and O–H groups in total. The Balaban J connectivity index is 2.03. The molecule has 0 fully saturated rings. The van der Waals surface area contributed by atoms with Crippen molar-refractivity contribution in [2.24, 2.45) is 0 Å². The first kappa shape index (κ1) is 14.0. The molecule has 0 bridgehead atoms. The second-order valence-electron chi connectivity index (χ2n) is 5.00. The first-order chi connectivity index (χ1) is 10.6. The smallest absolute Gasteiger partial charge is 0.407 e. The molecule has 110 valence electrons. The first-order valence-corrected chi connectivity index (χ1v) is 6.80. The molecule has 22 heavy (non-hydrogen) atoms. The minimum atomic E-state index is -0.739. The molecule has 0 atom stereocenters. The lowest BCUT2D eigenvalue weighted by atomic mass is 10.1. The predicted octanol–water partition coefficient (Wildman–Crippen LogP) is 2.68. The van der Waals surface area contributed by atoms with Crippen LogP contribution in [0, 0.1) is 0 Å². The van der Waals surface area contributed by atoms with Gasteiger partial charge in [-0.05, 0) is 30.7 Å². The quantitative estimate of drug-likeness (QED) is 0.697. The topological polar surface area (TPSA) is 69.3 Å². The Bertz CT molecular complexity index is 919. The summed E-state index contributed by atoms with van der Waals surface area (Å²) in [4.78, 5) is 35.7. The van der Waals surface area contributed by atoms with Crippen LogP contribution in [-0.2, 0) is 6.42 Å². The maximum atomic E-state index is 12.4. The molecular formula is C17H13NO4. The molecular weight excluding hydrogens is 282 g/mol. The minimum Gasteiger partial charge on any atom is -0.407 e. The summed E-state index contributed by atoms with van der Waals surface area (Å²) in [5, 5.41) is 0. The largest absolute Gasteiger partial charge is 0.426 e. The third-order valence-electron chi connectivity index (χ3n) is 3.43. The van der Waals surface area contributed by atoms with E-state index < -0.39 is 5.76 Å². The highest BCUT2D eigenvalue weighted by Gasteiger charge is 2.17. The van der Waals surface area contributed by atoms with Gasteiger partial charge in [-0.1, -0.05) is 30.3 Å². The lowest BCUT2D eigenvalue weighted by Crippen LogP contribution is -2.24. The molecule has 3 aromatic rings. The first-order valence-electron chi connectivity index (χ1n) is 6.80. The normalized spacial score (nSPS) is 10.8. The molecule has 5 heteroatoms. The molecule has 0 aliphatic heterocycles. The van der Waals surface area contributed by atoms with Crippen LogP contribution in [0.3, 0.4) is 0 Å². The van der Waals surface area contributed by atoms with E-state index in [4.69, 9.17) is 4.42 Å². The van der Waals surface area contributed by atoms with E-state index in [1.165, 1.54) is 13.0 Å². The Labute approximate surface area is 125 Å². The van der Waals surface area contributed by atoms with Gasteiger partial charge in [0.25, 0.3) is 0 Å². The Morgan fingerprint density at radius 2 is 1.82 bits per heavy atom. The number of Topliss-reactive ketones (excluding diaryl/α,β-unsaturated/α-hetero) is 1. The van der Waals surface area contributed by atoms with Crippen LogP contribution in [0.1, 0.15) is 27.6 Å². The maximum absolute atomic E-state index is 12.4. The molecule has 0 radical (unpaired) electrons. The van der Waals surface area contributed by atoms with Crippen molar-refractivity contribution in [2.75, 3.05) is 0 Å². The molecule has 3 rings (SSSR count). The summed E-state index contributed by atoms with van der Waals surface area (Å²) in [7, 11) is 0. The van der Waals surface area contributed by atoms with Crippen LogP contribution in [-0.4, -0.2) is 16.3 Å². The third-order valence-corrected chi connectivity index (χ3v) is 3.43. The molecule has 0 unspecified atom stereocenters. The van der Waals surface area contributed by atoms with Gasteiger partial charge in [-0.15, -0.1) is 0 Å². The lowest BCUT2D eigenvalue weighted by molar-refractivity contribution is 0.0910. The van der Waals surface area contributed by atoms with E-state index in [0.29, 0.717) is 11.1 Å². The van der Waals surface area contributed by atoms with Crippen molar-refractivity contribution in [1.29, 1.82) is 0 Å². The average molecular weight is 295 g/mol. The zero-order chi connectivity index (χ0) is 15.7. The Morgan fingerprint density at radius 3 is 2.50 bits per heavy atom. The number of hydrogen-bond acceptors (Lipinski definition) is 4. The highest BCUT2D eigenvalue weighted by molar-refractivity contribution is 5.98. The van der Waals surface area contributed by atoms with Gasteiger partial charge in [0, 0.05) is 5.56 Å². The summed E-state index contributed by atoms with van der Waals surface area (Å²) >= 11 is 0. The molecule has 0 amide bonds. The van der Waals surface area contributed by atoms with Crippen LogP contribution in [0.4, 0.5) is 0 Å². The van der Waals surface area contributed by atoms with E-state index in [1.807, 2.05) is 30.3 Å². The number of oxazole rings is 1. The lowest BCUT2D eigenvalue weighted by Gasteiger charge is -2.02. The van der Waals surface area contributed by atoms with Crippen LogP contribution in [0.25, 0.3) is 11.1 Å². The zero-order valence-corrected chi connectivity index (χ0v) is 11.9. The minimum absolute atomic E-state index is 0.101. The van der Waals surface area contributed by atoms with Crippen LogP contribution in [0.2, 0.25) is 0 Å². The van der Waals surface area contributed by atoms with E-state index in [-0.39, 0.29) is 23.7 Å². The van der Waals surface area contributed by atoms with Gasteiger partial charge >= 0.3 is 5.76 Å². The number of nitrogens with zero attached hydrogens (tertiary/aromatic N) is 1. The Hall–Kier alpha value is -2.95. The standard InChI is InChI=1S/C17H13NO4/c1-11(19)13-7-8-14-15(10-13)22-17(21)18(14)16(20)9-12-5-3-2-4-6-12/h2-8,10H,9H2,1H3. The number of hydrogen-bond donors (Lipinski definition) is 0. The third kappa shape index (κ3) is 2.48. The molecule has 0 aliphatic carbocycles. The van der Waals surface area contributed by atoms with Crippen molar-refractivity contribution in [3.8, 4) is 0 Å². The van der Waals surface area contributed by atoms with Gasteiger partial charge < -0.3 is 4.42 Å². The van der Waals surface area contributed by atoms with Gasteiger partial charge in [0.05, 0.1) is 11.9 Å².